The summed E-state index contributed by atoms with van der Waals surface area (Å²) in [6.07, 6.45) is 0.479. The smallest absolute Gasteiger partial charge is 0.261 e. The average Bonchev–Trinajstić information content (AvgIpc) is 2.71. The van der Waals surface area contributed by atoms with Gasteiger partial charge in [0.15, 0.2) is 6.61 Å². The Bertz CT molecular complexity index is 812. The molecule has 0 spiro atoms. The molecule has 150 valence electrons. The Balaban J connectivity index is 2.20. The van der Waals surface area contributed by atoms with Gasteiger partial charge in [-0.25, -0.2) is 0 Å². The Labute approximate surface area is 170 Å². The number of halogens is 1. The lowest BCUT2D eigenvalue weighted by Gasteiger charge is -2.30. The summed E-state index contributed by atoms with van der Waals surface area (Å²) in [6, 6.07) is 13.6. The number of rotatable bonds is 9. The van der Waals surface area contributed by atoms with Crippen LogP contribution in [0, 0.1) is 0 Å². The number of carbonyl (C=O) groups excluding carboxylic acids is 2. The fourth-order valence-electron chi connectivity index (χ4n) is 2.84. The molecule has 0 saturated heterocycles. The normalized spacial score (nSPS) is 11.4. The Morgan fingerprint density at radius 2 is 1.86 bits per heavy atom. The fraction of sp³-hybridized carbons (Fsp3) is 0.333. The molecule has 1 N–H and O–H groups in total. The van der Waals surface area contributed by atoms with Gasteiger partial charge in [-0.1, -0.05) is 36.7 Å². The molecule has 2 aromatic rings. The van der Waals surface area contributed by atoms with Crippen LogP contribution in [0.4, 0.5) is 0 Å². The molecule has 0 unspecified atom stereocenters. The lowest BCUT2D eigenvalue weighted by molar-refractivity contribution is -0.142. The molecular weight excluding hydrogens is 380 g/mol. The van der Waals surface area contributed by atoms with Gasteiger partial charge in [-0.2, -0.15) is 0 Å². The molecule has 28 heavy (non-hydrogen) atoms. The van der Waals surface area contributed by atoms with Gasteiger partial charge >= 0.3 is 0 Å². The van der Waals surface area contributed by atoms with E-state index in [1.165, 1.54) is 4.90 Å². The Morgan fingerprint density at radius 3 is 2.50 bits per heavy atom. The number of ether oxygens (including phenoxy) is 2. The van der Waals surface area contributed by atoms with Crippen LogP contribution in [0.25, 0.3) is 0 Å². The van der Waals surface area contributed by atoms with Gasteiger partial charge in [0.2, 0.25) is 5.91 Å². The third kappa shape index (κ3) is 5.89. The summed E-state index contributed by atoms with van der Waals surface area (Å²) in [5, 5.41) is 3.15. The maximum Gasteiger partial charge on any atom is 0.261 e. The van der Waals surface area contributed by atoms with E-state index in [0.717, 1.165) is 5.56 Å². The minimum atomic E-state index is -0.605. The van der Waals surface area contributed by atoms with Crippen molar-refractivity contribution < 1.29 is 19.1 Å². The van der Waals surface area contributed by atoms with Crippen molar-refractivity contribution >= 4 is 23.4 Å². The molecule has 0 fully saturated rings. The molecule has 0 radical (unpaired) electrons. The third-order valence-electron chi connectivity index (χ3n) is 4.28. The molecule has 2 rings (SSSR count). The lowest BCUT2D eigenvalue weighted by Crippen LogP contribution is -2.49. The van der Waals surface area contributed by atoms with E-state index in [1.807, 2.05) is 31.2 Å². The van der Waals surface area contributed by atoms with E-state index in [-0.39, 0.29) is 25.0 Å². The number of likely N-dealkylation sites (N-methyl/N-ethyl adjacent to an activating group) is 1. The molecule has 0 aliphatic rings. The number of carbonyl (C=O) groups is 2. The predicted octanol–water partition coefficient (Wildman–Crippen LogP) is 3.28. The van der Waals surface area contributed by atoms with Crippen molar-refractivity contribution in [2.75, 3.05) is 20.8 Å². The van der Waals surface area contributed by atoms with Gasteiger partial charge in [0.05, 0.1) is 7.11 Å². The minimum absolute atomic E-state index is 0.197. The van der Waals surface area contributed by atoms with Crippen molar-refractivity contribution in [1.29, 1.82) is 0 Å². The highest BCUT2D eigenvalue weighted by Gasteiger charge is 2.28. The van der Waals surface area contributed by atoms with Crippen LogP contribution in [0.1, 0.15) is 18.9 Å². The Hall–Kier alpha value is -2.73. The molecular formula is C21H25ClN2O4. The maximum absolute atomic E-state index is 12.9. The number of nitrogens with one attached hydrogen (secondary N) is 1. The highest BCUT2D eigenvalue weighted by atomic mass is 35.5. The quantitative estimate of drug-likeness (QED) is 0.696. The van der Waals surface area contributed by atoms with Crippen molar-refractivity contribution in [2.45, 2.75) is 25.9 Å². The van der Waals surface area contributed by atoms with Crippen molar-refractivity contribution in [2.24, 2.45) is 0 Å². The van der Waals surface area contributed by atoms with Gasteiger partial charge in [-0.3, -0.25) is 9.59 Å². The number of amides is 2. The first-order chi connectivity index (χ1) is 13.5. The number of nitrogens with zero attached hydrogens (tertiary/aromatic N) is 1. The van der Waals surface area contributed by atoms with Crippen molar-refractivity contribution in [3.05, 3.63) is 59.1 Å². The van der Waals surface area contributed by atoms with Crippen LogP contribution in [0.5, 0.6) is 11.5 Å². The van der Waals surface area contributed by atoms with E-state index >= 15 is 0 Å². The summed E-state index contributed by atoms with van der Waals surface area (Å²) in [6.45, 7) is 1.93. The van der Waals surface area contributed by atoms with Crippen LogP contribution >= 0.6 is 11.6 Å². The Morgan fingerprint density at radius 1 is 1.14 bits per heavy atom. The first-order valence-electron chi connectivity index (χ1n) is 9.00. The fourth-order valence-corrected chi connectivity index (χ4v) is 3.02. The maximum atomic E-state index is 12.9. The van der Waals surface area contributed by atoms with Crippen molar-refractivity contribution in [3.8, 4) is 11.5 Å². The second-order valence-electron chi connectivity index (χ2n) is 6.16. The predicted molar refractivity (Wildman–Crippen MR) is 109 cm³/mol. The highest BCUT2D eigenvalue weighted by Crippen LogP contribution is 2.19. The summed E-state index contributed by atoms with van der Waals surface area (Å²) >= 11 is 5.95. The molecule has 2 aromatic carbocycles. The van der Waals surface area contributed by atoms with Gasteiger partial charge in [-0.15, -0.1) is 0 Å². The highest BCUT2D eigenvalue weighted by molar-refractivity contribution is 6.30. The molecule has 0 aliphatic carbocycles. The molecule has 0 aliphatic heterocycles. The third-order valence-corrected chi connectivity index (χ3v) is 4.51. The summed E-state index contributed by atoms with van der Waals surface area (Å²) in [4.78, 5) is 26.8. The lowest BCUT2D eigenvalue weighted by atomic mass is 10.1. The number of hydrogen-bond donors (Lipinski definition) is 1. The van der Waals surface area contributed by atoms with E-state index in [1.54, 1.807) is 38.4 Å². The van der Waals surface area contributed by atoms with E-state index in [4.69, 9.17) is 21.1 Å². The van der Waals surface area contributed by atoms with E-state index in [2.05, 4.69) is 5.32 Å². The summed E-state index contributed by atoms with van der Waals surface area (Å²) in [5.74, 6) is 0.669. The van der Waals surface area contributed by atoms with Crippen LogP contribution in [0.2, 0.25) is 5.02 Å². The molecule has 0 bridgehead atoms. The van der Waals surface area contributed by atoms with Crippen LogP contribution < -0.4 is 14.8 Å². The summed E-state index contributed by atoms with van der Waals surface area (Å²) in [7, 11) is 3.14. The first-order valence-corrected chi connectivity index (χ1v) is 9.38. The molecule has 0 saturated carbocycles. The molecule has 1 atom stereocenters. The zero-order valence-corrected chi connectivity index (χ0v) is 17.0. The Kier molecular flexibility index (Phi) is 8.14. The van der Waals surface area contributed by atoms with Crippen LogP contribution in [-0.2, 0) is 16.1 Å². The van der Waals surface area contributed by atoms with E-state index < -0.39 is 6.04 Å². The molecule has 6 nitrogen and oxygen atoms in total. The van der Waals surface area contributed by atoms with Crippen LogP contribution in [0.3, 0.4) is 0 Å². The second kappa shape index (κ2) is 10.6. The van der Waals surface area contributed by atoms with Gasteiger partial charge in [-0.05, 0) is 42.3 Å². The molecule has 2 amide bonds. The standard InChI is InChI=1S/C21H25ClN2O4/c1-4-19(21(26)23-2)24(13-15-7-5-9-17(11-15)27-3)20(25)14-28-18-10-6-8-16(22)12-18/h5-12,19H,4,13-14H2,1-3H3,(H,23,26)/t19-/m0/s1. The molecule has 0 aromatic heterocycles. The summed E-state index contributed by atoms with van der Waals surface area (Å²) < 4.78 is 10.8. The van der Waals surface area contributed by atoms with Gasteiger partial charge in [0, 0.05) is 18.6 Å². The minimum Gasteiger partial charge on any atom is -0.497 e. The summed E-state index contributed by atoms with van der Waals surface area (Å²) in [5.41, 5.74) is 0.859. The second-order valence-corrected chi connectivity index (χ2v) is 6.59. The van der Waals surface area contributed by atoms with Gasteiger partial charge in [0.25, 0.3) is 5.91 Å². The van der Waals surface area contributed by atoms with Crippen LogP contribution in [-0.4, -0.2) is 43.5 Å². The van der Waals surface area contributed by atoms with Crippen molar-refractivity contribution in [3.63, 3.8) is 0 Å². The van der Waals surface area contributed by atoms with Gasteiger partial charge in [0.1, 0.15) is 17.5 Å². The van der Waals surface area contributed by atoms with Gasteiger partial charge < -0.3 is 19.7 Å². The largest absolute Gasteiger partial charge is 0.497 e. The van der Waals surface area contributed by atoms with E-state index in [0.29, 0.717) is 22.9 Å². The number of benzene rings is 2. The molecule has 7 heteroatoms. The average molecular weight is 405 g/mol. The SMILES string of the molecule is CC[C@@H](C(=O)NC)N(Cc1cccc(OC)c1)C(=O)COc1cccc(Cl)c1. The van der Waals surface area contributed by atoms with E-state index in [9.17, 15) is 9.59 Å². The number of methoxy groups -OCH3 is 1. The zero-order chi connectivity index (χ0) is 20.5. The van der Waals surface area contributed by atoms with Crippen LogP contribution in [0.15, 0.2) is 48.5 Å². The zero-order valence-electron chi connectivity index (χ0n) is 16.3. The first kappa shape index (κ1) is 21.6. The topological polar surface area (TPSA) is 67.9 Å². The number of hydrogen-bond acceptors (Lipinski definition) is 4. The molecule has 0 heterocycles. The monoisotopic (exact) mass is 404 g/mol. The van der Waals surface area contributed by atoms with Crippen molar-refractivity contribution in [1.82, 2.24) is 10.2 Å².